The van der Waals surface area contributed by atoms with E-state index < -0.39 is 0 Å². The van der Waals surface area contributed by atoms with E-state index in [-0.39, 0.29) is 5.48 Å². The van der Waals surface area contributed by atoms with E-state index in [9.17, 15) is 5.11 Å². The van der Waals surface area contributed by atoms with Gasteiger partial charge in [0, 0.05) is 0 Å². The monoisotopic (exact) mass is 266 g/mol. The Morgan fingerprint density at radius 2 is 1.53 bits per heavy atom. The number of benzene rings is 1. The van der Waals surface area contributed by atoms with Gasteiger partial charge >= 0.3 is 0 Å². The van der Waals surface area contributed by atoms with E-state index in [0.717, 1.165) is 18.4 Å². The third-order valence-corrected chi connectivity index (χ3v) is 3.59. The van der Waals surface area contributed by atoms with Gasteiger partial charge in [-0.2, -0.15) is 0 Å². The maximum Gasteiger partial charge on any atom is 0.118 e. The number of hydrogen-bond acceptors (Lipinski definition) is 1. The third-order valence-electron chi connectivity index (χ3n) is 3.59. The Balaban J connectivity index is 0.00000324. The van der Waals surface area contributed by atoms with Crippen LogP contribution in [0.25, 0.3) is 0 Å². The van der Waals surface area contributed by atoms with Crippen LogP contribution >= 0.6 is 0 Å². The molecule has 19 heavy (non-hydrogen) atoms. The molecule has 0 bridgehead atoms. The van der Waals surface area contributed by atoms with Crippen LogP contribution in [-0.4, -0.2) is 10.6 Å². The molecule has 0 spiro atoms. The first-order chi connectivity index (χ1) is 8.77. The van der Waals surface area contributed by atoms with Crippen molar-refractivity contribution < 1.29 is 10.6 Å². The average molecular weight is 266 g/mol. The summed E-state index contributed by atoms with van der Waals surface area (Å²) < 4.78 is 0. The molecule has 2 nitrogen and oxygen atoms in total. The number of rotatable bonds is 9. The van der Waals surface area contributed by atoms with E-state index in [0.29, 0.717) is 5.75 Å². The molecule has 0 amide bonds. The predicted molar refractivity (Wildman–Crippen MR) is 82.8 cm³/mol. The van der Waals surface area contributed by atoms with Crippen molar-refractivity contribution in [3.05, 3.63) is 29.3 Å². The van der Waals surface area contributed by atoms with Gasteiger partial charge in [-0.1, -0.05) is 64.5 Å². The summed E-state index contributed by atoms with van der Waals surface area (Å²) in [7, 11) is 0. The summed E-state index contributed by atoms with van der Waals surface area (Å²) >= 11 is 0. The lowest BCUT2D eigenvalue weighted by Crippen LogP contribution is -1.89. The van der Waals surface area contributed by atoms with E-state index >= 15 is 0 Å². The van der Waals surface area contributed by atoms with Crippen molar-refractivity contribution in [1.82, 2.24) is 0 Å². The Hall–Kier alpha value is -1.02. The van der Waals surface area contributed by atoms with Gasteiger partial charge in [-0.3, -0.25) is 0 Å². The second kappa shape index (κ2) is 10.9. The molecule has 0 atom stereocenters. The molecule has 0 heterocycles. The molecular formula is C17H30O2. The van der Waals surface area contributed by atoms with Crippen LogP contribution < -0.4 is 0 Å². The van der Waals surface area contributed by atoms with E-state index in [1.165, 1.54) is 50.5 Å². The fourth-order valence-electron chi connectivity index (χ4n) is 2.36. The number of phenolic OH excluding ortho intramolecular Hbond substituents is 1. The highest BCUT2D eigenvalue weighted by Crippen LogP contribution is 2.20. The lowest BCUT2D eigenvalue weighted by molar-refractivity contribution is 0.468. The molecular weight excluding hydrogens is 236 g/mol. The highest BCUT2D eigenvalue weighted by molar-refractivity contribution is 5.36. The number of unbranched alkanes of at least 4 members (excludes halogenated alkanes) is 6. The van der Waals surface area contributed by atoms with Gasteiger partial charge in [0.05, 0.1) is 0 Å². The summed E-state index contributed by atoms with van der Waals surface area (Å²) in [5.74, 6) is 0.445. The Labute approximate surface area is 118 Å². The topological polar surface area (TPSA) is 51.7 Å². The molecule has 0 unspecified atom stereocenters. The standard InChI is InChI=1S/C17H28O.H2O/c1-3-5-6-7-8-9-10-11-15-12-13-17(18)16(4-2)14-15;/h12-14,18H,3-11H2,1-2H3;1H2. The van der Waals surface area contributed by atoms with E-state index in [1.807, 2.05) is 6.07 Å². The molecule has 0 aliphatic rings. The van der Waals surface area contributed by atoms with Crippen LogP contribution in [0.15, 0.2) is 18.2 Å². The zero-order chi connectivity index (χ0) is 13.2. The zero-order valence-corrected chi connectivity index (χ0v) is 12.5. The van der Waals surface area contributed by atoms with E-state index in [2.05, 4.69) is 26.0 Å². The van der Waals surface area contributed by atoms with Crippen LogP contribution in [0.2, 0.25) is 0 Å². The zero-order valence-electron chi connectivity index (χ0n) is 12.5. The largest absolute Gasteiger partial charge is 0.508 e. The molecule has 0 saturated carbocycles. The molecule has 0 aliphatic carbocycles. The van der Waals surface area contributed by atoms with Crippen molar-refractivity contribution in [1.29, 1.82) is 0 Å². The summed E-state index contributed by atoms with van der Waals surface area (Å²) in [6.07, 6.45) is 11.6. The SMILES string of the molecule is CCCCCCCCCc1ccc(O)c(CC)c1.O. The maximum absolute atomic E-state index is 9.63. The van der Waals surface area contributed by atoms with Crippen LogP contribution in [0.5, 0.6) is 5.75 Å². The fourth-order valence-corrected chi connectivity index (χ4v) is 2.36. The molecule has 0 aromatic heterocycles. The summed E-state index contributed by atoms with van der Waals surface area (Å²) in [5, 5.41) is 9.63. The molecule has 0 saturated heterocycles. The van der Waals surface area contributed by atoms with Crippen LogP contribution in [-0.2, 0) is 12.8 Å². The minimum atomic E-state index is 0. The Morgan fingerprint density at radius 3 is 2.16 bits per heavy atom. The van der Waals surface area contributed by atoms with Crippen molar-refractivity contribution >= 4 is 0 Å². The number of hydrogen-bond donors (Lipinski definition) is 1. The van der Waals surface area contributed by atoms with Crippen molar-refractivity contribution in [3.8, 4) is 5.75 Å². The summed E-state index contributed by atoms with van der Waals surface area (Å²) in [6, 6.07) is 6.06. The van der Waals surface area contributed by atoms with Crippen molar-refractivity contribution in [2.75, 3.05) is 0 Å². The van der Waals surface area contributed by atoms with Crippen LogP contribution in [0.4, 0.5) is 0 Å². The average Bonchev–Trinajstić information content (AvgIpc) is 2.39. The molecule has 0 aliphatic heterocycles. The van der Waals surface area contributed by atoms with Crippen LogP contribution in [0.3, 0.4) is 0 Å². The lowest BCUT2D eigenvalue weighted by atomic mass is 10.0. The Morgan fingerprint density at radius 1 is 0.895 bits per heavy atom. The molecule has 1 rings (SSSR count). The van der Waals surface area contributed by atoms with Gasteiger partial charge in [0.2, 0.25) is 0 Å². The minimum absolute atomic E-state index is 0. The van der Waals surface area contributed by atoms with Gasteiger partial charge in [0.25, 0.3) is 0 Å². The smallest absolute Gasteiger partial charge is 0.118 e. The van der Waals surface area contributed by atoms with Gasteiger partial charge in [-0.15, -0.1) is 0 Å². The molecule has 1 aromatic carbocycles. The van der Waals surface area contributed by atoms with E-state index in [1.54, 1.807) is 0 Å². The third kappa shape index (κ3) is 7.22. The number of aromatic hydroxyl groups is 1. The molecule has 0 fully saturated rings. The highest BCUT2D eigenvalue weighted by atomic mass is 16.3. The van der Waals surface area contributed by atoms with Crippen molar-refractivity contribution in [2.24, 2.45) is 0 Å². The van der Waals surface area contributed by atoms with Gasteiger partial charge in [-0.05, 0) is 36.5 Å². The summed E-state index contributed by atoms with van der Waals surface area (Å²) in [6.45, 7) is 4.35. The van der Waals surface area contributed by atoms with E-state index in [4.69, 9.17) is 0 Å². The quantitative estimate of drug-likeness (QED) is 0.661. The number of phenols is 1. The first-order valence-electron chi connectivity index (χ1n) is 7.58. The van der Waals surface area contributed by atoms with Crippen molar-refractivity contribution in [2.45, 2.75) is 71.6 Å². The van der Waals surface area contributed by atoms with Crippen molar-refractivity contribution in [3.63, 3.8) is 0 Å². The second-order valence-corrected chi connectivity index (χ2v) is 5.19. The highest BCUT2D eigenvalue weighted by Gasteiger charge is 2.00. The Bertz CT molecular complexity index is 334. The van der Waals surface area contributed by atoms with Crippen LogP contribution in [0.1, 0.15) is 69.9 Å². The molecule has 1 aromatic rings. The van der Waals surface area contributed by atoms with Gasteiger partial charge in [0.1, 0.15) is 5.75 Å². The minimum Gasteiger partial charge on any atom is -0.508 e. The molecule has 0 radical (unpaired) electrons. The van der Waals surface area contributed by atoms with Gasteiger partial charge < -0.3 is 10.6 Å². The van der Waals surface area contributed by atoms with Gasteiger partial charge in [0.15, 0.2) is 0 Å². The molecule has 3 N–H and O–H groups in total. The first kappa shape index (κ1) is 18.0. The number of aryl methyl sites for hydroxylation is 2. The fraction of sp³-hybridized carbons (Fsp3) is 0.647. The van der Waals surface area contributed by atoms with Gasteiger partial charge in [-0.25, -0.2) is 0 Å². The molecule has 110 valence electrons. The first-order valence-corrected chi connectivity index (χ1v) is 7.58. The second-order valence-electron chi connectivity index (χ2n) is 5.19. The molecule has 2 heteroatoms. The summed E-state index contributed by atoms with van der Waals surface area (Å²) in [4.78, 5) is 0. The lowest BCUT2D eigenvalue weighted by Gasteiger charge is -2.06. The Kier molecular flexibility index (Phi) is 10.3. The normalized spacial score (nSPS) is 10.2. The predicted octanol–water partition coefficient (Wildman–Crippen LogP) is 4.42. The maximum atomic E-state index is 9.63. The summed E-state index contributed by atoms with van der Waals surface area (Å²) in [5.41, 5.74) is 2.45. The van der Waals surface area contributed by atoms with Crippen LogP contribution in [0, 0.1) is 0 Å².